The summed E-state index contributed by atoms with van der Waals surface area (Å²) in [4.78, 5) is 24.0. The number of amides is 2. The van der Waals surface area contributed by atoms with Gasteiger partial charge < -0.3 is 26.0 Å². The van der Waals surface area contributed by atoms with E-state index in [4.69, 9.17) is 22.1 Å². The summed E-state index contributed by atoms with van der Waals surface area (Å²) in [6.07, 6.45) is 0. The largest absolute Gasteiger partial charge is 0.383 e. The number of anilines is 2. The predicted octanol–water partition coefficient (Wildman–Crippen LogP) is 2.18. The molecule has 9 nitrogen and oxygen atoms in total. The summed E-state index contributed by atoms with van der Waals surface area (Å²) < 4.78 is 6.08. The van der Waals surface area contributed by atoms with Gasteiger partial charge in [0.1, 0.15) is 5.69 Å². The Morgan fingerprint density at radius 1 is 1.32 bits per heavy atom. The molecule has 0 radical (unpaired) electrons. The van der Waals surface area contributed by atoms with Gasteiger partial charge in [-0.15, -0.1) is 21.5 Å². The number of rotatable bonds is 7. The van der Waals surface area contributed by atoms with E-state index in [1.54, 1.807) is 18.4 Å². The Balaban J connectivity index is 1.58. The van der Waals surface area contributed by atoms with E-state index >= 15 is 0 Å². The van der Waals surface area contributed by atoms with Gasteiger partial charge in [-0.1, -0.05) is 11.6 Å². The van der Waals surface area contributed by atoms with E-state index in [9.17, 15) is 9.59 Å². The Kier molecular flexibility index (Phi) is 6.21. The molecule has 0 aliphatic carbocycles. The van der Waals surface area contributed by atoms with Gasteiger partial charge in [0, 0.05) is 48.4 Å². The zero-order valence-electron chi connectivity index (χ0n) is 16.7. The highest BCUT2D eigenvalue weighted by atomic mass is 35.5. The van der Waals surface area contributed by atoms with E-state index in [0.29, 0.717) is 37.1 Å². The van der Waals surface area contributed by atoms with Gasteiger partial charge in [0.15, 0.2) is 5.82 Å². The third-order valence-corrected chi connectivity index (χ3v) is 6.12. The minimum absolute atomic E-state index is 0.0180. The maximum Gasteiger partial charge on any atom is 0.311 e. The van der Waals surface area contributed by atoms with Crippen molar-refractivity contribution in [2.45, 2.75) is 6.04 Å². The monoisotopic (exact) mass is 460 g/mol. The number of fused-ring (bicyclic) bond motifs is 1. The lowest BCUT2D eigenvalue weighted by atomic mass is 10.1. The van der Waals surface area contributed by atoms with E-state index in [2.05, 4.69) is 20.8 Å². The zero-order valence-corrected chi connectivity index (χ0v) is 18.3. The van der Waals surface area contributed by atoms with Gasteiger partial charge in [-0.05, 0) is 29.6 Å². The Bertz CT molecular complexity index is 1130. The van der Waals surface area contributed by atoms with E-state index in [1.165, 1.54) is 4.90 Å². The first-order chi connectivity index (χ1) is 15.0. The zero-order chi connectivity index (χ0) is 22.0. The molecule has 4 N–H and O–H groups in total. The number of aromatic nitrogens is 2. The molecule has 1 fully saturated rings. The number of nitrogens with zero attached hydrogens (tertiary/aromatic N) is 3. The first-order valence-electron chi connectivity index (χ1n) is 9.59. The van der Waals surface area contributed by atoms with Crippen LogP contribution in [0.25, 0.3) is 21.3 Å². The number of methoxy groups -OCH3 is 1. The lowest BCUT2D eigenvalue weighted by Gasteiger charge is -2.38. The van der Waals surface area contributed by atoms with Crippen LogP contribution in [0.5, 0.6) is 0 Å². The molecule has 0 spiro atoms. The molecule has 162 valence electrons. The average molecular weight is 461 g/mol. The smallest absolute Gasteiger partial charge is 0.311 e. The molecule has 1 aliphatic rings. The number of hydrogen-bond acceptors (Lipinski definition) is 8. The molecule has 3 aromatic rings. The summed E-state index contributed by atoms with van der Waals surface area (Å²) in [6, 6.07) is 7.59. The van der Waals surface area contributed by atoms with Gasteiger partial charge in [-0.2, -0.15) is 0 Å². The molecular weight excluding hydrogens is 440 g/mol. The molecule has 31 heavy (non-hydrogen) atoms. The van der Waals surface area contributed by atoms with Crippen molar-refractivity contribution >= 4 is 56.3 Å². The van der Waals surface area contributed by atoms with Crippen molar-refractivity contribution in [3.8, 4) is 11.3 Å². The molecule has 0 unspecified atom stereocenters. The molecule has 3 heterocycles. The van der Waals surface area contributed by atoms with Crippen molar-refractivity contribution in [3.05, 3.63) is 34.7 Å². The van der Waals surface area contributed by atoms with Gasteiger partial charge in [-0.3, -0.25) is 9.59 Å². The molecule has 2 amide bonds. The normalized spacial score (nSPS) is 13.8. The molecule has 0 bridgehead atoms. The molecule has 4 rings (SSSR count). The topological polar surface area (TPSA) is 122 Å². The quantitative estimate of drug-likeness (QED) is 0.364. The van der Waals surface area contributed by atoms with Crippen LogP contribution in [-0.4, -0.2) is 66.3 Å². The van der Waals surface area contributed by atoms with Crippen molar-refractivity contribution in [3.63, 3.8) is 0 Å². The van der Waals surface area contributed by atoms with Gasteiger partial charge >= 0.3 is 11.8 Å². The van der Waals surface area contributed by atoms with E-state index in [0.717, 1.165) is 27.0 Å². The van der Waals surface area contributed by atoms with Crippen molar-refractivity contribution in [1.29, 1.82) is 0 Å². The second kappa shape index (κ2) is 9.04. The van der Waals surface area contributed by atoms with Gasteiger partial charge in [0.05, 0.1) is 17.3 Å². The lowest BCUT2D eigenvalue weighted by Crippen LogP contribution is -2.59. The number of hydrogen-bond donors (Lipinski definition) is 3. The highest BCUT2D eigenvalue weighted by Crippen LogP contribution is 2.38. The minimum atomic E-state index is -0.943. The van der Waals surface area contributed by atoms with Crippen molar-refractivity contribution in [2.24, 2.45) is 5.73 Å². The Morgan fingerprint density at radius 2 is 2.13 bits per heavy atom. The van der Waals surface area contributed by atoms with Crippen LogP contribution in [-0.2, 0) is 14.3 Å². The van der Waals surface area contributed by atoms with Crippen molar-refractivity contribution < 1.29 is 14.3 Å². The summed E-state index contributed by atoms with van der Waals surface area (Å²) in [7, 11) is 1.65. The number of halogens is 1. The van der Waals surface area contributed by atoms with Crippen molar-refractivity contribution in [1.82, 2.24) is 15.1 Å². The summed E-state index contributed by atoms with van der Waals surface area (Å²) in [5.74, 6) is -0.967. The highest BCUT2D eigenvalue weighted by Gasteiger charge is 2.33. The number of carbonyl (C=O) groups is 2. The molecule has 1 aromatic carbocycles. The van der Waals surface area contributed by atoms with Crippen molar-refractivity contribution in [2.75, 3.05) is 44.0 Å². The minimum Gasteiger partial charge on any atom is -0.383 e. The summed E-state index contributed by atoms with van der Waals surface area (Å²) in [5.41, 5.74) is 7.54. The van der Waals surface area contributed by atoms with E-state index < -0.39 is 11.8 Å². The lowest BCUT2D eigenvalue weighted by molar-refractivity contribution is -0.146. The number of nitrogens with two attached hydrogens (primary N) is 1. The molecule has 0 saturated carbocycles. The van der Waals surface area contributed by atoms with Crippen LogP contribution in [0.1, 0.15) is 0 Å². The van der Waals surface area contributed by atoms with Crippen LogP contribution >= 0.6 is 22.9 Å². The fraction of sp³-hybridized carbons (Fsp3) is 0.300. The van der Waals surface area contributed by atoms with Crippen LogP contribution in [0.4, 0.5) is 11.5 Å². The third kappa shape index (κ3) is 4.41. The molecule has 1 aliphatic heterocycles. The van der Waals surface area contributed by atoms with E-state index in [1.807, 2.05) is 29.6 Å². The number of benzene rings is 1. The maximum atomic E-state index is 11.6. The highest BCUT2D eigenvalue weighted by molar-refractivity contribution is 7.17. The number of nitrogens with one attached hydrogen (secondary N) is 2. The second-order valence-electron chi connectivity index (χ2n) is 7.09. The first-order valence-corrected chi connectivity index (χ1v) is 10.9. The standard InChI is InChI=1S/C20H21ClN6O3S/c1-30-6-5-23-15-8-11(21)2-3-13(15)16-14-4-7-31-17(14)19(26-25-16)24-12-9-27(10-12)20(29)18(22)28/h2-4,7-8,12,23H,5-6,9-10H2,1H3,(H2,22,28)(H,24,26). The van der Waals surface area contributed by atoms with Gasteiger partial charge in [0.25, 0.3) is 0 Å². The van der Waals surface area contributed by atoms with Gasteiger partial charge in [0.2, 0.25) is 0 Å². The molecule has 0 atom stereocenters. The number of primary amides is 1. The van der Waals surface area contributed by atoms with Crippen LogP contribution in [0.15, 0.2) is 29.6 Å². The molecular formula is C20H21ClN6O3S. The van der Waals surface area contributed by atoms with Crippen LogP contribution in [0.2, 0.25) is 5.02 Å². The van der Waals surface area contributed by atoms with Crippen LogP contribution in [0.3, 0.4) is 0 Å². The Morgan fingerprint density at radius 3 is 2.87 bits per heavy atom. The number of ether oxygens (including phenoxy) is 1. The number of likely N-dealkylation sites (tertiary alicyclic amines) is 1. The molecule has 2 aromatic heterocycles. The summed E-state index contributed by atoms with van der Waals surface area (Å²) >= 11 is 7.76. The van der Waals surface area contributed by atoms with Crippen LogP contribution in [0, 0.1) is 0 Å². The van der Waals surface area contributed by atoms with Crippen LogP contribution < -0.4 is 16.4 Å². The second-order valence-corrected chi connectivity index (χ2v) is 8.44. The first kappa shape index (κ1) is 21.3. The fourth-order valence-electron chi connectivity index (χ4n) is 3.41. The van der Waals surface area contributed by atoms with Gasteiger partial charge in [-0.25, -0.2) is 0 Å². The average Bonchev–Trinajstić information content (AvgIpc) is 3.21. The number of carbonyl (C=O) groups excluding carboxylic acids is 2. The number of thiophene rings is 1. The fourth-order valence-corrected chi connectivity index (χ4v) is 4.43. The SMILES string of the molecule is COCCNc1cc(Cl)ccc1-c1nnc(NC2CN(C(=O)C(N)=O)C2)c2sccc12. The molecule has 1 saturated heterocycles. The summed E-state index contributed by atoms with van der Waals surface area (Å²) in [6.45, 7) is 1.97. The maximum absolute atomic E-state index is 11.6. The summed E-state index contributed by atoms with van der Waals surface area (Å²) in [5, 5.41) is 19.1. The Hall–Kier alpha value is -2.95. The Labute approximate surface area is 187 Å². The predicted molar refractivity (Wildman–Crippen MR) is 121 cm³/mol. The molecule has 11 heteroatoms. The third-order valence-electron chi connectivity index (χ3n) is 4.96. The van der Waals surface area contributed by atoms with E-state index in [-0.39, 0.29) is 6.04 Å².